The number of carbonyl (C=O) groups is 3. The second-order valence-electron chi connectivity index (χ2n) is 9.68. The van der Waals surface area contributed by atoms with Gasteiger partial charge in [0.15, 0.2) is 4.80 Å². The lowest BCUT2D eigenvalue weighted by molar-refractivity contribution is -0.136. The summed E-state index contributed by atoms with van der Waals surface area (Å²) in [6, 6.07) is 16.0. The highest BCUT2D eigenvalue weighted by Crippen LogP contribution is 2.36. The molecule has 1 amide bonds. The van der Waals surface area contributed by atoms with E-state index in [2.05, 4.69) is 4.99 Å². The molecule has 6 rings (SSSR count). The SMILES string of the molecule is CCCN1C(=O)/C(=c2\sc3n(c2=O)C(c2ccc(OC(=O)c4ccco4)cc2)C(C(=O)OC)=C(C)N=3)c2ccccc21. The van der Waals surface area contributed by atoms with Crippen molar-refractivity contribution in [1.29, 1.82) is 0 Å². The summed E-state index contributed by atoms with van der Waals surface area (Å²) in [7, 11) is 1.26. The number of thiazole rings is 1. The van der Waals surface area contributed by atoms with Gasteiger partial charge in [-0.15, -0.1) is 0 Å². The summed E-state index contributed by atoms with van der Waals surface area (Å²) in [4.78, 5) is 59.8. The predicted octanol–water partition coefficient (Wildman–Crippen LogP) is 3.35. The quantitative estimate of drug-likeness (QED) is 0.252. The molecule has 0 fully saturated rings. The Labute approximate surface area is 243 Å². The number of aromatic nitrogens is 1. The highest BCUT2D eigenvalue weighted by atomic mass is 32.1. The second kappa shape index (κ2) is 10.7. The van der Waals surface area contributed by atoms with E-state index >= 15 is 0 Å². The summed E-state index contributed by atoms with van der Waals surface area (Å²) in [5.41, 5.74) is 2.46. The lowest BCUT2D eigenvalue weighted by Crippen LogP contribution is -2.40. The third-order valence-electron chi connectivity index (χ3n) is 7.13. The van der Waals surface area contributed by atoms with Gasteiger partial charge in [-0.05, 0) is 49.2 Å². The molecular formula is C31H25N3O7S. The maximum Gasteiger partial charge on any atom is 0.379 e. The molecule has 0 saturated heterocycles. The first kappa shape index (κ1) is 27.2. The number of esters is 2. The van der Waals surface area contributed by atoms with Gasteiger partial charge >= 0.3 is 11.9 Å². The number of methoxy groups -OCH3 is 1. The zero-order chi connectivity index (χ0) is 29.5. The van der Waals surface area contributed by atoms with Gasteiger partial charge in [-0.1, -0.05) is 48.6 Å². The van der Waals surface area contributed by atoms with E-state index in [9.17, 15) is 19.2 Å². The number of hydrogen-bond acceptors (Lipinski definition) is 9. The first-order chi connectivity index (χ1) is 20.3. The highest BCUT2D eigenvalue weighted by Gasteiger charge is 2.37. The standard InChI is InChI=1S/C31H25N3O7S/c1-4-15-33-21-9-6-5-8-20(21)24(27(33)35)26-28(36)34-25(23(30(38)39-3)17(2)32-31(34)42-26)18-11-13-19(14-12-18)41-29(37)22-10-7-16-40-22/h5-14,16,25H,4,15H2,1-3H3/b26-24-. The van der Waals surface area contributed by atoms with E-state index in [0.717, 1.165) is 23.4 Å². The van der Waals surface area contributed by atoms with E-state index in [-0.39, 0.29) is 27.5 Å². The van der Waals surface area contributed by atoms with Crippen LogP contribution in [-0.2, 0) is 14.3 Å². The van der Waals surface area contributed by atoms with Gasteiger partial charge in [0.05, 0.1) is 41.9 Å². The Hall–Kier alpha value is -5.03. The molecule has 4 heterocycles. The average Bonchev–Trinajstić information content (AvgIpc) is 3.70. The fraction of sp³-hybridized carbons (Fsp3) is 0.194. The van der Waals surface area contributed by atoms with Crippen molar-refractivity contribution in [2.24, 2.45) is 4.99 Å². The summed E-state index contributed by atoms with van der Waals surface area (Å²) in [6.07, 6.45) is 2.13. The monoisotopic (exact) mass is 583 g/mol. The van der Waals surface area contributed by atoms with Gasteiger partial charge in [0.2, 0.25) is 5.76 Å². The molecule has 42 heavy (non-hydrogen) atoms. The number of anilines is 1. The van der Waals surface area contributed by atoms with Crippen LogP contribution in [0.5, 0.6) is 5.75 Å². The van der Waals surface area contributed by atoms with Gasteiger partial charge < -0.3 is 18.8 Å². The smallest absolute Gasteiger partial charge is 0.379 e. The number of ether oxygens (including phenoxy) is 2. The third kappa shape index (κ3) is 4.38. The first-order valence-electron chi connectivity index (χ1n) is 13.2. The Morgan fingerprint density at radius 2 is 1.79 bits per heavy atom. The number of carbonyl (C=O) groups excluding carboxylic acids is 3. The van der Waals surface area contributed by atoms with Crippen molar-refractivity contribution in [3.05, 3.63) is 115 Å². The molecule has 0 N–H and O–H groups in total. The molecule has 0 aliphatic carbocycles. The van der Waals surface area contributed by atoms with E-state index in [4.69, 9.17) is 13.9 Å². The fourth-order valence-electron chi connectivity index (χ4n) is 5.27. The van der Waals surface area contributed by atoms with Crippen molar-refractivity contribution < 1.29 is 28.3 Å². The molecule has 0 bridgehead atoms. The normalized spacial score (nSPS) is 17.1. The second-order valence-corrected chi connectivity index (χ2v) is 10.7. The van der Waals surface area contributed by atoms with Crippen molar-refractivity contribution >= 4 is 40.4 Å². The number of para-hydroxylation sites is 1. The van der Waals surface area contributed by atoms with Crippen LogP contribution in [-0.4, -0.2) is 36.1 Å². The number of rotatable bonds is 6. The minimum absolute atomic E-state index is 0.0551. The van der Waals surface area contributed by atoms with Crippen molar-refractivity contribution in [1.82, 2.24) is 4.57 Å². The summed E-state index contributed by atoms with van der Waals surface area (Å²) in [5.74, 6) is -1.24. The number of amides is 1. The number of nitrogens with zero attached hydrogens (tertiary/aromatic N) is 3. The maximum atomic E-state index is 14.2. The molecule has 4 aromatic rings. The van der Waals surface area contributed by atoms with Crippen molar-refractivity contribution in [3.63, 3.8) is 0 Å². The van der Waals surface area contributed by atoms with Crippen LogP contribution in [0, 0.1) is 0 Å². The minimum atomic E-state index is -0.892. The zero-order valence-electron chi connectivity index (χ0n) is 23.0. The Bertz CT molecular complexity index is 1950. The van der Waals surface area contributed by atoms with Crippen LogP contribution < -0.4 is 24.5 Å². The molecule has 2 aromatic heterocycles. The van der Waals surface area contributed by atoms with E-state index in [1.54, 1.807) is 42.2 Å². The van der Waals surface area contributed by atoms with Gasteiger partial charge in [0, 0.05) is 12.1 Å². The molecule has 2 aromatic carbocycles. The van der Waals surface area contributed by atoms with Gasteiger partial charge in [-0.2, -0.15) is 0 Å². The van der Waals surface area contributed by atoms with Crippen molar-refractivity contribution in [2.75, 3.05) is 18.6 Å². The van der Waals surface area contributed by atoms with E-state index in [1.807, 2.05) is 31.2 Å². The molecule has 0 spiro atoms. The van der Waals surface area contributed by atoms with Crippen molar-refractivity contribution in [2.45, 2.75) is 26.3 Å². The zero-order valence-corrected chi connectivity index (χ0v) is 23.8. The lowest BCUT2D eigenvalue weighted by atomic mass is 9.96. The van der Waals surface area contributed by atoms with E-state index in [1.165, 1.54) is 24.0 Å². The number of benzene rings is 2. The highest BCUT2D eigenvalue weighted by molar-refractivity contribution is 7.07. The molecule has 11 heteroatoms. The average molecular weight is 584 g/mol. The van der Waals surface area contributed by atoms with Crippen LogP contribution in [0.15, 0.2) is 92.4 Å². The molecular weight excluding hydrogens is 558 g/mol. The number of fused-ring (bicyclic) bond motifs is 2. The Balaban J connectivity index is 1.50. The molecule has 1 unspecified atom stereocenters. The first-order valence-corrected chi connectivity index (χ1v) is 14.1. The van der Waals surface area contributed by atoms with Gasteiger partial charge in [-0.25, -0.2) is 14.6 Å². The summed E-state index contributed by atoms with van der Waals surface area (Å²) < 4.78 is 17.2. The van der Waals surface area contributed by atoms with Crippen LogP contribution in [0.4, 0.5) is 5.69 Å². The Morgan fingerprint density at radius 1 is 1.02 bits per heavy atom. The van der Waals surface area contributed by atoms with Crippen LogP contribution in [0.2, 0.25) is 0 Å². The van der Waals surface area contributed by atoms with Crippen molar-refractivity contribution in [3.8, 4) is 5.75 Å². The Morgan fingerprint density at radius 3 is 2.48 bits per heavy atom. The third-order valence-corrected chi connectivity index (χ3v) is 8.18. The molecule has 212 valence electrons. The fourth-order valence-corrected chi connectivity index (χ4v) is 6.41. The van der Waals surface area contributed by atoms with E-state index < -0.39 is 23.5 Å². The number of hydrogen-bond donors (Lipinski definition) is 0. The van der Waals surface area contributed by atoms with Crippen LogP contribution in [0.25, 0.3) is 5.57 Å². The van der Waals surface area contributed by atoms with Crippen LogP contribution in [0.3, 0.4) is 0 Å². The molecule has 10 nitrogen and oxygen atoms in total. The topological polar surface area (TPSA) is 120 Å². The van der Waals surface area contributed by atoms with Gasteiger partial charge in [0.1, 0.15) is 10.3 Å². The Kier molecular flexibility index (Phi) is 6.95. The number of furan rings is 1. The van der Waals surface area contributed by atoms with Gasteiger partial charge in [-0.3, -0.25) is 14.2 Å². The largest absolute Gasteiger partial charge is 0.466 e. The number of allylic oxidation sites excluding steroid dienone is 1. The maximum absolute atomic E-state index is 14.2. The summed E-state index contributed by atoms with van der Waals surface area (Å²) in [5, 5.41) is 0. The summed E-state index contributed by atoms with van der Waals surface area (Å²) in [6.45, 7) is 4.18. The van der Waals surface area contributed by atoms with Gasteiger partial charge in [0.25, 0.3) is 11.5 Å². The van der Waals surface area contributed by atoms with Crippen LogP contribution in [0.1, 0.15) is 48.0 Å². The molecule has 2 aliphatic rings. The van der Waals surface area contributed by atoms with Crippen LogP contribution >= 0.6 is 11.3 Å². The minimum Gasteiger partial charge on any atom is -0.466 e. The molecule has 2 aliphatic heterocycles. The summed E-state index contributed by atoms with van der Waals surface area (Å²) >= 11 is 1.11. The lowest BCUT2D eigenvalue weighted by Gasteiger charge is -2.24. The molecule has 1 atom stereocenters. The predicted molar refractivity (Wildman–Crippen MR) is 154 cm³/mol. The molecule has 0 radical (unpaired) electrons. The molecule has 0 saturated carbocycles. The van der Waals surface area contributed by atoms with E-state index in [0.29, 0.717) is 33.7 Å².